The highest BCUT2D eigenvalue weighted by molar-refractivity contribution is 7.95. The first-order valence-electron chi connectivity index (χ1n) is 6.56. The van der Waals surface area contributed by atoms with E-state index in [9.17, 15) is 4.79 Å². The Labute approximate surface area is 113 Å². The predicted molar refractivity (Wildman–Crippen MR) is 75.7 cm³/mol. The van der Waals surface area contributed by atoms with E-state index in [0.29, 0.717) is 6.54 Å². The van der Waals surface area contributed by atoms with E-state index in [1.54, 1.807) is 12.1 Å². The van der Waals surface area contributed by atoms with Crippen LogP contribution in [0.3, 0.4) is 0 Å². The number of nitrogens with zero attached hydrogens (tertiary/aromatic N) is 2. The van der Waals surface area contributed by atoms with Crippen molar-refractivity contribution in [2.75, 3.05) is 6.54 Å². The molecule has 1 aliphatic heterocycles. The number of carbonyl (C=O) groups is 1. The zero-order valence-electron chi connectivity index (χ0n) is 11.0. The molecule has 0 aromatic heterocycles. The van der Waals surface area contributed by atoms with Crippen LogP contribution in [0.1, 0.15) is 32.3 Å². The van der Waals surface area contributed by atoms with Gasteiger partial charge in [0.15, 0.2) is 0 Å². The fourth-order valence-corrected chi connectivity index (χ4v) is 3.28. The van der Waals surface area contributed by atoms with Crippen LogP contribution in [0.4, 0.5) is 0 Å². The molecule has 3 nitrogen and oxygen atoms in total. The molecule has 1 unspecified atom stereocenters. The Morgan fingerprint density at radius 2 is 1.94 bits per heavy atom. The van der Waals surface area contributed by atoms with Gasteiger partial charge in [0.2, 0.25) is 0 Å². The van der Waals surface area contributed by atoms with Gasteiger partial charge in [0.25, 0.3) is 5.91 Å². The Kier molecular flexibility index (Phi) is 4.66. The lowest BCUT2D eigenvalue weighted by molar-refractivity contribution is -0.128. The van der Waals surface area contributed by atoms with Crippen molar-refractivity contribution in [1.29, 1.82) is 0 Å². The molecule has 1 aliphatic rings. The van der Waals surface area contributed by atoms with Gasteiger partial charge in [-0.05, 0) is 12.0 Å². The molecule has 1 atom stereocenters. The Bertz CT molecular complexity index is 396. The van der Waals surface area contributed by atoms with Crippen LogP contribution in [0.15, 0.2) is 30.3 Å². The third-order valence-corrected chi connectivity index (χ3v) is 4.35. The van der Waals surface area contributed by atoms with Gasteiger partial charge in [-0.25, -0.2) is 4.31 Å². The van der Waals surface area contributed by atoms with E-state index in [4.69, 9.17) is 0 Å². The number of benzene rings is 1. The van der Waals surface area contributed by atoms with Crippen LogP contribution in [0.5, 0.6) is 0 Å². The third kappa shape index (κ3) is 2.87. The van der Waals surface area contributed by atoms with Gasteiger partial charge in [0.1, 0.15) is 6.04 Å². The number of hydrogen-bond donors (Lipinski definition) is 0. The minimum Gasteiger partial charge on any atom is -0.272 e. The van der Waals surface area contributed by atoms with Gasteiger partial charge in [-0.15, -0.1) is 0 Å². The summed E-state index contributed by atoms with van der Waals surface area (Å²) in [4.78, 5) is 12.3. The molecule has 0 radical (unpaired) electrons. The highest BCUT2D eigenvalue weighted by Gasteiger charge is 2.37. The predicted octanol–water partition coefficient (Wildman–Crippen LogP) is 3.08. The SMILES string of the molecule is CCCC1C(=O)N(Cc2ccccc2)SN1CC. The van der Waals surface area contributed by atoms with E-state index in [-0.39, 0.29) is 11.9 Å². The Balaban J connectivity index is 2.04. The average molecular weight is 264 g/mol. The van der Waals surface area contributed by atoms with Crippen LogP contribution in [0.2, 0.25) is 0 Å². The van der Waals surface area contributed by atoms with Crippen LogP contribution in [-0.2, 0) is 11.3 Å². The van der Waals surface area contributed by atoms with Gasteiger partial charge in [0, 0.05) is 18.7 Å². The molecule has 0 N–H and O–H groups in total. The molecule has 1 aromatic carbocycles. The first-order valence-corrected chi connectivity index (χ1v) is 7.29. The molecule has 1 heterocycles. The lowest BCUT2D eigenvalue weighted by Crippen LogP contribution is -2.32. The highest BCUT2D eigenvalue weighted by Crippen LogP contribution is 2.32. The highest BCUT2D eigenvalue weighted by atomic mass is 32.2. The van der Waals surface area contributed by atoms with Gasteiger partial charge in [-0.3, -0.25) is 9.10 Å². The Hall–Kier alpha value is -1.00. The van der Waals surface area contributed by atoms with Gasteiger partial charge in [-0.2, -0.15) is 0 Å². The summed E-state index contributed by atoms with van der Waals surface area (Å²) in [5, 5.41) is 0. The van der Waals surface area contributed by atoms with Crippen molar-refractivity contribution >= 4 is 18.0 Å². The van der Waals surface area contributed by atoms with Crippen LogP contribution in [0, 0.1) is 0 Å². The zero-order valence-corrected chi connectivity index (χ0v) is 11.8. The minimum atomic E-state index is 0.0636. The van der Waals surface area contributed by atoms with E-state index in [1.807, 2.05) is 22.5 Å². The van der Waals surface area contributed by atoms with Crippen LogP contribution >= 0.6 is 12.1 Å². The monoisotopic (exact) mass is 264 g/mol. The summed E-state index contributed by atoms with van der Waals surface area (Å²) in [6, 6.07) is 10.2. The van der Waals surface area contributed by atoms with Crippen LogP contribution < -0.4 is 0 Å². The summed E-state index contributed by atoms with van der Waals surface area (Å²) in [5.74, 6) is 0.257. The van der Waals surface area contributed by atoms with Crippen LogP contribution in [-0.4, -0.2) is 27.1 Å². The maximum absolute atomic E-state index is 12.3. The molecule has 18 heavy (non-hydrogen) atoms. The van der Waals surface area contributed by atoms with Crippen molar-refractivity contribution in [1.82, 2.24) is 8.61 Å². The average Bonchev–Trinajstić information content (AvgIpc) is 2.69. The molecule has 0 saturated carbocycles. The molecular formula is C14H20N2OS. The van der Waals surface area contributed by atoms with Crippen molar-refractivity contribution in [3.8, 4) is 0 Å². The van der Waals surface area contributed by atoms with Gasteiger partial charge < -0.3 is 0 Å². The minimum absolute atomic E-state index is 0.0636. The number of carbonyl (C=O) groups excluding carboxylic acids is 1. The van der Waals surface area contributed by atoms with Gasteiger partial charge >= 0.3 is 0 Å². The largest absolute Gasteiger partial charge is 0.272 e. The van der Waals surface area contributed by atoms with Crippen LogP contribution in [0.25, 0.3) is 0 Å². The third-order valence-electron chi connectivity index (χ3n) is 3.12. The molecule has 1 aromatic rings. The fraction of sp³-hybridized carbons (Fsp3) is 0.500. The topological polar surface area (TPSA) is 23.6 Å². The first kappa shape index (κ1) is 13.4. The summed E-state index contributed by atoms with van der Waals surface area (Å²) in [5.41, 5.74) is 1.19. The van der Waals surface area contributed by atoms with Crippen molar-refractivity contribution in [2.24, 2.45) is 0 Å². The molecule has 1 fully saturated rings. The van der Waals surface area contributed by atoms with E-state index < -0.39 is 0 Å². The molecule has 98 valence electrons. The molecular weight excluding hydrogens is 244 g/mol. The standard InChI is InChI=1S/C14H20N2OS/c1-3-8-13-14(17)16(18-15(13)4-2)11-12-9-6-5-7-10-12/h5-7,9-10,13H,3-4,8,11H2,1-2H3. The molecule has 0 aliphatic carbocycles. The van der Waals surface area contributed by atoms with E-state index >= 15 is 0 Å². The van der Waals surface area contributed by atoms with Crippen molar-refractivity contribution in [3.63, 3.8) is 0 Å². The van der Waals surface area contributed by atoms with E-state index in [2.05, 4.69) is 30.3 Å². The molecule has 4 heteroatoms. The smallest absolute Gasteiger partial charge is 0.252 e. The second-order valence-corrected chi connectivity index (χ2v) is 5.55. The van der Waals surface area contributed by atoms with E-state index in [0.717, 1.165) is 19.4 Å². The second kappa shape index (κ2) is 6.25. The zero-order chi connectivity index (χ0) is 13.0. The summed E-state index contributed by atoms with van der Waals surface area (Å²) >= 11 is 1.58. The summed E-state index contributed by atoms with van der Waals surface area (Å²) in [6.07, 6.45) is 2.00. The summed E-state index contributed by atoms with van der Waals surface area (Å²) in [6.45, 7) is 5.84. The molecule has 0 bridgehead atoms. The van der Waals surface area contributed by atoms with Crippen molar-refractivity contribution in [2.45, 2.75) is 39.3 Å². The van der Waals surface area contributed by atoms with Gasteiger partial charge in [0.05, 0.1) is 6.54 Å². The number of hydrogen-bond acceptors (Lipinski definition) is 3. The summed E-state index contributed by atoms with van der Waals surface area (Å²) < 4.78 is 4.08. The first-order chi connectivity index (χ1) is 8.76. The van der Waals surface area contributed by atoms with E-state index in [1.165, 1.54) is 5.56 Å². The lowest BCUT2D eigenvalue weighted by atomic mass is 10.1. The fourth-order valence-electron chi connectivity index (χ4n) is 2.19. The Morgan fingerprint density at radius 3 is 2.56 bits per heavy atom. The number of likely N-dealkylation sites (N-methyl/N-ethyl adjacent to an activating group) is 1. The molecule has 0 spiro atoms. The number of amides is 1. The Morgan fingerprint density at radius 1 is 1.22 bits per heavy atom. The second-order valence-electron chi connectivity index (χ2n) is 4.48. The molecule has 2 rings (SSSR count). The lowest BCUT2D eigenvalue weighted by Gasteiger charge is -2.16. The normalized spacial score (nSPS) is 20.7. The van der Waals surface area contributed by atoms with Gasteiger partial charge in [-0.1, -0.05) is 50.6 Å². The van der Waals surface area contributed by atoms with Crippen molar-refractivity contribution in [3.05, 3.63) is 35.9 Å². The maximum Gasteiger partial charge on any atom is 0.252 e. The number of rotatable bonds is 5. The maximum atomic E-state index is 12.3. The quantitative estimate of drug-likeness (QED) is 0.764. The van der Waals surface area contributed by atoms with Crippen molar-refractivity contribution < 1.29 is 4.79 Å². The molecule has 1 saturated heterocycles. The summed E-state index contributed by atoms with van der Waals surface area (Å²) in [7, 11) is 0. The molecule has 1 amide bonds.